The fourth-order valence-electron chi connectivity index (χ4n) is 2.41. The third kappa shape index (κ3) is 3.34. The lowest BCUT2D eigenvalue weighted by Gasteiger charge is -2.19. The van der Waals surface area contributed by atoms with E-state index in [1.165, 1.54) is 25.0 Å². The van der Waals surface area contributed by atoms with E-state index in [-0.39, 0.29) is 5.82 Å². The van der Waals surface area contributed by atoms with Gasteiger partial charge in [-0.2, -0.15) is 0 Å². The van der Waals surface area contributed by atoms with Gasteiger partial charge >= 0.3 is 0 Å². The predicted octanol–water partition coefficient (Wildman–Crippen LogP) is 3.98. The highest BCUT2D eigenvalue weighted by molar-refractivity contribution is 6.31. The van der Waals surface area contributed by atoms with Gasteiger partial charge in [-0.1, -0.05) is 18.0 Å². The molecule has 1 saturated carbocycles. The van der Waals surface area contributed by atoms with Gasteiger partial charge in [0.2, 0.25) is 0 Å². The lowest BCUT2D eigenvalue weighted by molar-refractivity contribution is 0.429. The van der Waals surface area contributed by atoms with Crippen molar-refractivity contribution in [2.24, 2.45) is 5.92 Å². The van der Waals surface area contributed by atoms with Crippen molar-refractivity contribution in [2.75, 3.05) is 5.88 Å². The van der Waals surface area contributed by atoms with Crippen molar-refractivity contribution in [1.82, 2.24) is 5.32 Å². The first-order valence-corrected chi connectivity index (χ1v) is 6.85. The van der Waals surface area contributed by atoms with Crippen LogP contribution >= 0.6 is 23.2 Å². The van der Waals surface area contributed by atoms with Gasteiger partial charge in [-0.15, -0.1) is 11.6 Å². The number of hydrogen-bond acceptors (Lipinski definition) is 1. The number of halogens is 3. The molecule has 0 radical (unpaired) electrons. The minimum Gasteiger partial charge on any atom is -0.310 e. The number of benzene rings is 1. The topological polar surface area (TPSA) is 12.0 Å². The minimum atomic E-state index is -0.244. The maximum Gasteiger partial charge on any atom is 0.123 e. The molecule has 1 aromatic carbocycles. The summed E-state index contributed by atoms with van der Waals surface area (Å²) in [5, 5.41) is 4.04. The maximum atomic E-state index is 13.1. The Hall–Kier alpha value is -0.310. The van der Waals surface area contributed by atoms with Crippen LogP contribution in [0.1, 0.15) is 24.8 Å². The molecule has 4 heteroatoms. The normalized spacial score (nSPS) is 24.2. The Morgan fingerprint density at radius 2 is 2.18 bits per heavy atom. The minimum absolute atomic E-state index is 0.244. The van der Waals surface area contributed by atoms with Crippen LogP contribution in [0, 0.1) is 11.7 Å². The van der Waals surface area contributed by atoms with Crippen LogP contribution in [0.25, 0.3) is 0 Å². The van der Waals surface area contributed by atoms with Crippen LogP contribution in [0.3, 0.4) is 0 Å². The Bertz CT molecular complexity index is 384. The average molecular weight is 276 g/mol. The summed E-state index contributed by atoms with van der Waals surface area (Å²) < 4.78 is 13.1. The molecule has 2 rings (SSSR count). The lowest BCUT2D eigenvalue weighted by atomic mass is 10.1. The quantitative estimate of drug-likeness (QED) is 0.820. The van der Waals surface area contributed by atoms with Crippen molar-refractivity contribution in [3.63, 3.8) is 0 Å². The second-order valence-corrected chi connectivity index (χ2v) is 5.28. The van der Waals surface area contributed by atoms with Crippen LogP contribution in [0.4, 0.5) is 4.39 Å². The molecule has 0 amide bonds. The van der Waals surface area contributed by atoms with Crippen molar-refractivity contribution in [3.05, 3.63) is 34.6 Å². The summed E-state index contributed by atoms with van der Waals surface area (Å²) in [6.07, 6.45) is 3.54. The van der Waals surface area contributed by atoms with Gasteiger partial charge in [-0.3, -0.25) is 0 Å². The van der Waals surface area contributed by atoms with Crippen LogP contribution < -0.4 is 5.32 Å². The molecule has 1 aliphatic carbocycles. The predicted molar refractivity (Wildman–Crippen MR) is 70.1 cm³/mol. The van der Waals surface area contributed by atoms with Gasteiger partial charge in [0.15, 0.2) is 0 Å². The monoisotopic (exact) mass is 275 g/mol. The van der Waals surface area contributed by atoms with Crippen molar-refractivity contribution in [3.8, 4) is 0 Å². The first-order chi connectivity index (χ1) is 8.20. The zero-order chi connectivity index (χ0) is 12.3. The van der Waals surface area contributed by atoms with Gasteiger partial charge in [-0.25, -0.2) is 4.39 Å². The van der Waals surface area contributed by atoms with Gasteiger partial charge < -0.3 is 5.32 Å². The first-order valence-electron chi connectivity index (χ1n) is 5.94. The molecule has 2 unspecified atom stereocenters. The molecule has 1 nitrogen and oxygen atoms in total. The zero-order valence-corrected chi connectivity index (χ0v) is 11.1. The fourth-order valence-corrected chi connectivity index (χ4v) is 2.96. The average Bonchev–Trinajstić information content (AvgIpc) is 2.77. The molecular formula is C13H16Cl2FN. The summed E-state index contributed by atoms with van der Waals surface area (Å²) in [4.78, 5) is 0. The largest absolute Gasteiger partial charge is 0.310 e. The standard InChI is InChI=1S/C13H16Cl2FN/c14-7-9-2-1-3-13(9)17-8-10-6-11(16)4-5-12(10)15/h4-6,9,13,17H,1-3,7-8H2. The summed E-state index contributed by atoms with van der Waals surface area (Å²) in [5.74, 6) is 0.977. The molecule has 0 spiro atoms. The fraction of sp³-hybridized carbons (Fsp3) is 0.538. The highest BCUT2D eigenvalue weighted by Crippen LogP contribution is 2.27. The molecule has 0 saturated heterocycles. The van der Waals surface area contributed by atoms with E-state index in [9.17, 15) is 4.39 Å². The van der Waals surface area contributed by atoms with Crippen LogP contribution in [-0.4, -0.2) is 11.9 Å². The Balaban J connectivity index is 1.95. The molecular weight excluding hydrogens is 260 g/mol. The Labute approximate surface area is 111 Å². The van der Waals surface area contributed by atoms with E-state index in [0.29, 0.717) is 29.4 Å². The number of alkyl halides is 1. The Kier molecular flexibility index (Phi) is 4.66. The number of nitrogens with one attached hydrogen (secondary N) is 1. The van der Waals surface area contributed by atoms with Crippen molar-refractivity contribution in [1.29, 1.82) is 0 Å². The third-order valence-corrected chi connectivity index (χ3v) is 4.18. The van der Waals surface area contributed by atoms with Crippen molar-refractivity contribution in [2.45, 2.75) is 31.8 Å². The van der Waals surface area contributed by atoms with Gasteiger partial charge in [-0.05, 0) is 42.5 Å². The Morgan fingerprint density at radius 1 is 1.35 bits per heavy atom. The summed E-state index contributed by atoms with van der Waals surface area (Å²) in [5.41, 5.74) is 0.812. The SMILES string of the molecule is Fc1ccc(Cl)c(CNC2CCCC2CCl)c1. The zero-order valence-electron chi connectivity index (χ0n) is 9.56. The maximum absolute atomic E-state index is 13.1. The number of rotatable bonds is 4. The van der Waals surface area contributed by atoms with Gasteiger partial charge in [0.1, 0.15) is 5.82 Å². The van der Waals surface area contributed by atoms with Crippen LogP contribution in [0.15, 0.2) is 18.2 Å². The summed E-state index contributed by atoms with van der Waals surface area (Å²) in [7, 11) is 0. The first kappa shape index (κ1) is 13.1. The van der Waals surface area contributed by atoms with Gasteiger partial charge in [0.05, 0.1) is 0 Å². The second-order valence-electron chi connectivity index (χ2n) is 4.57. The molecule has 1 N–H and O–H groups in total. The highest BCUT2D eigenvalue weighted by Gasteiger charge is 2.25. The molecule has 0 aromatic heterocycles. The molecule has 0 aliphatic heterocycles. The van der Waals surface area contributed by atoms with Crippen molar-refractivity contribution >= 4 is 23.2 Å². The van der Waals surface area contributed by atoms with Crippen LogP contribution in [-0.2, 0) is 6.54 Å². The molecule has 1 aromatic rings. The molecule has 94 valence electrons. The van der Waals surface area contributed by atoms with Crippen LogP contribution in [0.2, 0.25) is 5.02 Å². The van der Waals surface area contributed by atoms with E-state index < -0.39 is 0 Å². The molecule has 0 heterocycles. The smallest absolute Gasteiger partial charge is 0.123 e. The molecule has 1 aliphatic rings. The van der Waals surface area contributed by atoms with Gasteiger partial charge in [0, 0.05) is 23.5 Å². The molecule has 2 atom stereocenters. The molecule has 17 heavy (non-hydrogen) atoms. The third-order valence-electron chi connectivity index (χ3n) is 3.42. The lowest BCUT2D eigenvalue weighted by Crippen LogP contribution is -2.32. The Morgan fingerprint density at radius 3 is 2.94 bits per heavy atom. The summed E-state index contributed by atoms with van der Waals surface area (Å²) >= 11 is 11.9. The second kappa shape index (κ2) is 6.03. The van der Waals surface area contributed by atoms with Crippen molar-refractivity contribution < 1.29 is 4.39 Å². The highest BCUT2D eigenvalue weighted by atomic mass is 35.5. The molecule has 1 fully saturated rings. The van der Waals surface area contributed by atoms with E-state index in [1.54, 1.807) is 6.07 Å². The number of hydrogen-bond donors (Lipinski definition) is 1. The van der Waals surface area contributed by atoms with E-state index in [4.69, 9.17) is 23.2 Å². The van der Waals surface area contributed by atoms with E-state index >= 15 is 0 Å². The van der Waals surface area contributed by atoms with Gasteiger partial charge in [0.25, 0.3) is 0 Å². The van der Waals surface area contributed by atoms with E-state index in [2.05, 4.69) is 5.32 Å². The summed E-state index contributed by atoms with van der Waals surface area (Å²) in [6.45, 7) is 0.606. The summed E-state index contributed by atoms with van der Waals surface area (Å²) in [6, 6.07) is 4.90. The molecule has 0 bridgehead atoms. The van der Waals surface area contributed by atoms with E-state index in [1.807, 2.05) is 0 Å². The van der Waals surface area contributed by atoms with Crippen LogP contribution in [0.5, 0.6) is 0 Å². The van der Waals surface area contributed by atoms with E-state index in [0.717, 1.165) is 12.0 Å².